The van der Waals surface area contributed by atoms with Gasteiger partial charge in [-0.3, -0.25) is 4.79 Å². The zero-order chi connectivity index (χ0) is 25.7. The van der Waals surface area contributed by atoms with Gasteiger partial charge in [-0.15, -0.1) is 0 Å². The number of nitrogens with zero attached hydrogens (tertiary/aromatic N) is 3. The van der Waals surface area contributed by atoms with Crippen LogP contribution in [0.5, 0.6) is 0 Å². The minimum absolute atomic E-state index is 0.00882. The number of aryl methyl sites for hydroxylation is 1. The number of pyridine rings is 1. The van der Waals surface area contributed by atoms with E-state index in [0.717, 1.165) is 58.2 Å². The molecule has 1 atom stereocenters. The van der Waals surface area contributed by atoms with Crippen molar-refractivity contribution in [2.45, 2.75) is 24.9 Å². The van der Waals surface area contributed by atoms with Gasteiger partial charge < -0.3 is 14.9 Å². The fourth-order valence-corrected chi connectivity index (χ4v) is 5.50. The predicted octanol–water partition coefficient (Wildman–Crippen LogP) is 6.37. The van der Waals surface area contributed by atoms with Gasteiger partial charge in [-0.2, -0.15) is 0 Å². The first kappa shape index (κ1) is 24.0. The number of aromatic nitrogens is 3. The molecule has 2 heterocycles. The minimum atomic E-state index is -1.01. The van der Waals surface area contributed by atoms with Crippen molar-refractivity contribution < 1.29 is 0 Å². The van der Waals surface area contributed by atoms with E-state index in [4.69, 9.17) is 28.9 Å². The number of imidazole rings is 1. The Hall–Kier alpha value is -3.38. The normalized spacial score (nSPS) is 15.1. The lowest BCUT2D eigenvalue weighted by molar-refractivity contribution is 0.596. The number of halogens is 2. The van der Waals surface area contributed by atoms with Crippen LogP contribution >= 0.6 is 23.2 Å². The Balaban J connectivity index is 1.65. The van der Waals surface area contributed by atoms with E-state index in [0.29, 0.717) is 16.0 Å². The highest BCUT2D eigenvalue weighted by molar-refractivity contribution is 6.31. The first-order valence-electron chi connectivity index (χ1n) is 12.3. The first-order chi connectivity index (χ1) is 17.8. The highest BCUT2D eigenvalue weighted by Gasteiger charge is 2.35. The lowest BCUT2D eigenvalue weighted by Gasteiger charge is -2.32. The minimum Gasteiger partial charge on any atom is -0.336 e. The van der Waals surface area contributed by atoms with E-state index in [2.05, 4.69) is 11.1 Å². The number of fused-ring (bicyclic) bond motifs is 1. The van der Waals surface area contributed by atoms with E-state index in [1.807, 2.05) is 76.8 Å². The SMILES string of the molecule is Cn1cncc1C(N)(c1ccc(Cl)cc1)c1ccc2c(c1)c(-c1cccc(Cl)c1)cc(=O)n2CC1CC1. The topological polar surface area (TPSA) is 65.8 Å². The van der Waals surface area contributed by atoms with Gasteiger partial charge in [0.05, 0.1) is 23.7 Å². The molecule has 37 heavy (non-hydrogen) atoms. The Morgan fingerprint density at radius 2 is 1.73 bits per heavy atom. The second-order valence-corrected chi connectivity index (χ2v) is 10.8. The third-order valence-corrected chi connectivity index (χ3v) is 7.85. The Morgan fingerprint density at radius 3 is 2.41 bits per heavy atom. The lowest BCUT2D eigenvalue weighted by Crippen LogP contribution is -2.41. The van der Waals surface area contributed by atoms with Gasteiger partial charge in [0.1, 0.15) is 5.54 Å². The van der Waals surface area contributed by atoms with Gasteiger partial charge in [0.25, 0.3) is 5.56 Å². The van der Waals surface area contributed by atoms with Gasteiger partial charge in [0, 0.05) is 35.1 Å². The van der Waals surface area contributed by atoms with Crippen molar-refractivity contribution in [3.8, 4) is 11.1 Å². The van der Waals surface area contributed by atoms with Gasteiger partial charge in [-0.25, -0.2) is 4.98 Å². The van der Waals surface area contributed by atoms with Crippen molar-refractivity contribution in [1.82, 2.24) is 14.1 Å². The molecule has 0 bridgehead atoms. The average molecular weight is 529 g/mol. The summed E-state index contributed by atoms with van der Waals surface area (Å²) < 4.78 is 3.83. The van der Waals surface area contributed by atoms with E-state index >= 15 is 0 Å². The molecule has 6 rings (SSSR count). The van der Waals surface area contributed by atoms with Gasteiger partial charge in [0.2, 0.25) is 0 Å². The Morgan fingerprint density at radius 1 is 0.973 bits per heavy atom. The van der Waals surface area contributed by atoms with E-state index in [1.54, 1.807) is 18.6 Å². The van der Waals surface area contributed by atoms with Crippen LogP contribution in [0.3, 0.4) is 0 Å². The highest BCUT2D eigenvalue weighted by atomic mass is 35.5. The molecular formula is C30H26Cl2N4O. The summed E-state index contributed by atoms with van der Waals surface area (Å²) in [4.78, 5) is 17.7. The molecule has 186 valence electrons. The van der Waals surface area contributed by atoms with E-state index in [-0.39, 0.29) is 5.56 Å². The Kier molecular flexibility index (Phi) is 5.95. The molecule has 1 aliphatic carbocycles. The van der Waals surface area contributed by atoms with Crippen LogP contribution in [0, 0.1) is 5.92 Å². The number of rotatable bonds is 6. The third kappa shape index (κ3) is 4.27. The second kappa shape index (κ2) is 9.18. The maximum absolute atomic E-state index is 13.3. The molecule has 1 aliphatic rings. The van der Waals surface area contributed by atoms with Crippen molar-refractivity contribution in [3.05, 3.63) is 123 Å². The predicted molar refractivity (Wildman–Crippen MR) is 150 cm³/mol. The fraction of sp³-hybridized carbons (Fsp3) is 0.200. The molecule has 2 N–H and O–H groups in total. The number of nitrogens with two attached hydrogens (primary N) is 1. The van der Waals surface area contributed by atoms with Crippen molar-refractivity contribution in [2.75, 3.05) is 0 Å². The lowest BCUT2D eigenvalue weighted by atomic mass is 9.80. The first-order valence-corrected chi connectivity index (χ1v) is 13.1. The quantitative estimate of drug-likeness (QED) is 0.278. The molecule has 0 saturated heterocycles. The van der Waals surface area contributed by atoms with E-state index in [9.17, 15) is 4.79 Å². The van der Waals surface area contributed by atoms with Gasteiger partial charge in [-0.1, -0.05) is 53.5 Å². The van der Waals surface area contributed by atoms with E-state index in [1.165, 1.54) is 0 Å². The largest absolute Gasteiger partial charge is 0.336 e. The van der Waals surface area contributed by atoms with Crippen LogP contribution in [-0.4, -0.2) is 14.1 Å². The van der Waals surface area contributed by atoms with Gasteiger partial charge in [0.15, 0.2) is 0 Å². The summed E-state index contributed by atoms with van der Waals surface area (Å²) >= 11 is 12.6. The fourth-order valence-electron chi connectivity index (χ4n) is 5.18. The molecule has 0 spiro atoms. The number of hydrogen-bond donors (Lipinski definition) is 1. The van der Waals surface area contributed by atoms with Crippen LogP contribution in [0.1, 0.15) is 29.7 Å². The third-order valence-electron chi connectivity index (χ3n) is 7.36. The van der Waals surface area contributed by atoms with Crippen LogP contribution in [-0.2, 0) is 19.1 Å². The molecule has 1 saturated carbocycles. The van der Waals surface area contributed by atoms with Gasteiger partial charge in [-0.05, 0) is 77.4 Å². The maximum Gasteiger partial charge on any atom is 0.251 e. The van der Waals surface area contributed by atoms with Crippen LogP contribution < -0.4 is 11.3 Å². The van der Waals surface area contributed by atoms with Crippen molar-refractivity contribution in [2.24, 2.45) is 18.7 Å². The summed E-state index contributed by atoms with van der Waals surface area (Å²) in [6.45, 7) is 0.719. The summed E-state index contributed by atoms with van der Waals surface area (Å²) in [6, 6.07) is 23.1. The van der Waals surface area contributed by atoms with E-state index < -0.39 is 5.54 Å². The molecular weight excluding hydrogens is 503 g/mol. The van der Waals surface area contributed by atoms with Crippen molar-refractivity contribution in [3.63, 3.8) is 0 Å². The monoisotopic (exact) mass is 528 g/mol. The summed E-state index contributed by atoms with van der Waals surface area (Å²) in [7, 11) is 1.94. The Bertz CT molecular complexity index is 1680. The van der Waals surface area contributed by atoms with Crippen LogP contribution in [0.25, 0.3) is 22.0 Å². The standard InChI is InChI=1S/C30H26Cl2N4O/c1-35-18-34-16-28(35)30(33,21-7-10-23(31)11-8-21)22-9-12-27-26(14-22)25(20-3-2-4-24(32)13-20)15-29(37)36(27)17-19-5-6-19/h2-4,7-16,18-19H,5-6,17,33H2,1H3. The van der Waals surface area contributed by atoms with Crippen molar-refractivity contribution in [1.29, 1.82) is 0 Å². The number of hydrogen-bond acceptors (Lipinski definition) is 3. The van der Waals surface area contributed by atoms with Gasteiger partial charge >= 0.3 is 0 Å². The highest BCUT2D eigenvalue weighted by Crippen LogP contribution is 2.39. The molecule has 0 amide bonds. The molecule has 3 aromatic carbocycles. The molecule has 0 aliphatic heterocycles. The molecule has 1 unspecified atom stereocenters. The van der Waals surface area contributed by atoms with Crippen LogP contribution in [0.4, 0.5) is 0 Å². The molecule has 0 radical (unpaired) electrons. The molecule has 5 aromatic rings. The van der Waals surface area contributed by atoms with Crippen LogP contribution in [0.15, 0.2) is 90.1 Å². The molecule has 7 heteroatoms. The molecule has 1 fully saturated rings. The average Bonchev–Trinajstić information content (AvgIpc) is 3.62. The maximum atomic E-state index is 13.3. The second-order valence-electron chi connectivity index (χ2n) is 9.90. The molecule has 5 nitrogen and oxygen atoms in total. The summed E-state index contributed by atoms with van der Waals surface area (Å²) in [5.41, 5.74) is 11.5. The van der Waals surface area contributed by atoms with Crippen molar-refractivity contribution >= 4 is 34.1 Å². The smallest absolute Gasteiger partial charge is 0.251 e. The zero-order valence-corrected chi connectivity index (χ0v) is 21.9. The molecule has 2 aromatic heterocycles. The zero-order valence-electron chi connectivity index (χ0n) is 20.4. The van der Waals surface area contributed by atoms with Crippen LogP contribution in [0.2, 0.25) is 10.0 Å². The summed E-state index contributed by atoms with van der Waals surface area (Å²) in [5.74, 6) is 0.551. The number of benzene rings is 3. The summed E-state index contributed by atoms with van der Waals surface area (Å²) in [5, 5.41) is 2.21. The Labute approximate surface area is 225 Å². The summed E-state index contributed by atoms with van der Waals surface area (Å²) in [6.07, 6.45) is 5.86.